The Morgan fingerprint density at radius 3 is 1.60 bits per heavy atom. The number of anilines is 3. The van der Waals surface area contributed by atoms with Crippen LogP contribution in [-0.2, 0) is 27.1 Å². The fourth-order valence-corrected chi connectivity index (χ4v) is 16.8. The van der Waals surface area contributed by atoms with E-state index in [1.165, 1.54) is 100 Å². The van der Waals surface area contributed by atoms with Gasteiger partial charge in [0.15, 0.2) is 0 Å². The van der Waals surface area contributed by atoms with Crippen molar-refractivity contribution in [3.8, 4) is 11.1 Å². The first kappa shape index (κ1) is 36.1. The van der Waals surface area contributed by atoms with E-state index in [1.54, 1.807) is 22.3 Å². The molecule has 7 aliphatic rings. The standard InChI is InChI=1S/C56H61NS/c1-51(2)26-28-53(5,6)47-38(51)19-13-23-42(47)57(43-24-14-20-39-48(43)54(7,8)29-27-52(39,3)4)44-25-15-22-41-50(44)58-49-37(35-16-10-9-11-17-35)18-12-21-40(49)56(41)45-31-34-30-36-32-46(56)55(36,45)33-34/h9-25,34,36,45-46H,26-33H2,1-8H3. The molecule has 0 aromatic heterocycles. The second-order valence-electron chi connectivity index (χ2n) is 22.6. The summed E-state index contributed by atoms with van der Waals surface area (Å²) in [6.45, 7) is 20.1. The first-order chi connectivity index (χ1) is 27.7. The molecule has 0 amide bonds. The van der Waals surface area contributed by atoms with Gasteiger partial charge in [-0.1, -0.05) is 152 Å². The number of hydrogen-bond acceptors (Lipinski definition) is 2. The van der Waals surface area contributed by atoms with E-state index in [-0.39, 0.29) is 27.1 Å². The van der Waals surface area contributed by atoms with Crippen molar-refractivity contribution < 1.29 is 0 Å². The van der Waals surface area contributed by atoms with E-state index in [4.69, 9.17) is 0 Å². The van der Waals surface area contributed by atoms with Gasteiger partial charge in [0.2, 0.25) is 0 Å². The van der Waals surface area contributed by atoms with Crippen molar-refractivity contribution >= 4 is 28.8 Å². The van der Waals surface area contributed by atoms with E-state index in [2.05, 4.69) is 175 Å². The van der Waals surface area contributed by atoms with Crippen LogP contribution in [0.1, 0.15) is 140 Å². The zero-order valence-corrected chi connectivity index (χ0v) is 37.0. The van der Waals surface area contributed by atoms with Crippen molar-refractivity contribution in [2.75, 3.05) is 4.90 Å². The zero-order valence-electron chi connectivity index (χ0n) is 36.1. The normalized spacial score (nSPS) is 31.5. The van der Waals surface area contributed by atoms with Crippen molar-refractivity contribution in [3.05, 3.63) is 137 Å². The molecule has 4 saturated carbocycles. The van der Waals surface area contributed by atoms with Gasteiger partial charge in [-0.15, -0.1) is 0 Å². The lowest BCUT2D eigenvalue weighted by molar-refractivity contribution is -0.235. The van der Waals surface area contributed by atoms with Crippen LogP contribution < -0.4 is 4.90 Å². The smallest absolute Gasteiger partial charge is 0.0604 e. The summed E-state index contributed by atoms with van der Waals surface area (Å²) in [5, 5.41) is 0. The lowest BCUT2D eigenvalue weighted by atomic mass is 9.26. The van der Waals surface area contributed by atoms with Crippen LogP contribution in [0.15, 0.2) is 113 Å². The van der Waals surface area contributed by atoms with Crippen molar-refractivity contribution in [2.45, 2.75) is 144 Å². The van der Waals surface area contributed by atoms with E-state index in [1.807, 2.05) is 0 Å². The van der Waals surface area contributed by atoms with Crippen LogP contribution in [0.2, 0.25) is 0 Å². The number of benzene rings is 5. The molecule has 0 radical (unpaired) electrons. The first-order valence-corrected chi connectivity index (χ1v) is 23.6. The summed E-state index contributed by atoms with van der Waals surface area (Å²) >= 11 is 2.10. The number of nitrogens with zero attached hydrogens (tertiary/aromatic N) is 1. The lowest BCUT2D eigenvalue weighted by Gasteiger charge is -2.78. The predicted molar refractivity (Wildman–Crippen MR) is 243 cm³/mol. The maximum absolute atomic E-state index is 2.83. The molecule has 6 unspecified atom stereocenters. The number of fused-ring (bicyclic) bond motifs is 9. The molecule has 1 heterocycles. The Kier molecular flexibility index (Phi) is 7.19. The van der Waals surface area contributed by atoms with Crippen molar-refractivity contribution in [3.63, 3.8) is 0 Å². The van der Waals surface area contributed by atoms with Gasteiger partial charge in [0.25, 0.3) is 0 Å². The largest absolute Gasteiger partial charge is 0.309 e. The van der Waals surface area contributed by atoms with Crippen LogP contribution >= 0.6 is 11.8 Å². The molecule has 0 saturated heterocycles. The lowest BCUT2D eigenvalue weighted by Crippen LogP contribution is -2.74. The average molecular weight is 780 g/mol. The van der Waals surface area contributed by atoms with Crippen LogP contribution in [0.25, 0.3) is 11.1 Å². The van der Waals surface area contributed by atoms with Gasteiger partial charge in [-0.2, -0.15) is 0 Å². The van der Waals surface area contributed by atoms with Gasteiger partial charge in [0.1, 0.15) is 0 Å². The molecule has 2 bridgehead atoms. The van der Waals surface area contributed by atoms with Gasteiger partial charge in [-0.3, -0.25) is 0 Å². The minimum atomic E-state index is 0.0456. The fourth-order valence-electron chi connectivity index (χ4n) is 15.3. The van der Waals surface area contributed by atoms with Gasteiger partial charge in [0.05, 0.1) is 17.1 Å². The van der Waals surface area contributed by atoms with Crippen LogP contribution in [0.4, 0.5) is 17.1 Å². The first-order valence-electron chi connectivity index (χ1n) is 22.8. The molecule has 6 aliphatic carbocycles. The fraction of sp³-hybridized carbons (Fsp3) is 0.464. The van der Waals surface area contributed by atoms with E-state index in [9.17, 15) is 0 Å². The molecular weight excluding hydrogens is 719 g/mol. The molecule has 0 N–H and O–H groups in total. The third kappa shape index (κ3) is 4.37. The van der Waals surface area contributed by atoms with Gasteiger partial charge < -0.3 is 4.90 Å². The van der Waals surface area contributed by atoms with Crippen LogP contribution in [0.5, 0.6) is 0 Å². The number of hydrogen-bond donors (Lipinski definition) is 0. The Hall–Kier alpha value is -3.75. The molecule has 5 aromatic rings. The highest BCUT2D eigenvalue weighted by molar-refractivity contribution is 7.99. The number of rotatable bonds is 4. The van der Waals surface area contributed by atoms with Gasteiger partial charge in [-0.05, 0) is 165 Å². The quantitative estimate of drug-likeness (QED) is 0.179. The summed E-state index contributed by atoms with van der Waals surface area (Å²) in [5.41, 5.74) is 17.3. The molecule has 1 aliphatic heterocycles. The topological polar surface area (TPSA) is 3.24 Å². The Bertz CT molecular complexity index is 2480. The minimum Gasteiger partial charge on any atom is -0.309 e. The highest BCUT2D eigenvalue weighted by Gasteiger charge is 2.84. The summed E-state index contributed by atoms with van der Waals surface area (Å²) in [4.78, 5) is 5.86. The van der Waals surface area contributed by atoms with E-state index < -0.39 is 0 Å². The molecule has 2 heteroatoms. The van der Waals surface area contributed by atoms with Crippen LogP contribution in [0.3, 0.4) is 0 Å². The third-order valence-electron chi connectivity index (χ3n) is 18.1. The predicted octanol–water partition coefficient (Wildman–Crippen LogP) is 15.3. The van der Waals surface area contributed by atoms with Gasteiger partial charge in [-0.25, -0.2) is 0 Å². The van der Waals surface area contributed by atoms with E-state index in [0.29, 0.717) is 5.41 Å². The Balaban J connectivity index is 1.18. The summed E-state index contributed by atoms with van der Waals surface area (Å²) in [5.74, 6) is 3.35. The molecule has 2 spiro atoms. The van der Waals surface area contributed by atoms with Crippen LogP contribution in [0, 0.1) is 29.1 Å². The highest BCUT2D eigenvalue weighted by Crippen LogP contribution is 2.89. The second kappa shape index (κ2) is 11.5. The summed E-state index contributed by atoms with van der Waals surface area (Å²) < 4.78 is 0. The summed E-state index contributed by atoms with van der Waals surface area (Å²) in [7, 11) is 0. The Labute approximate surface area is 352 Å². The summed E-state index contributed by atoms with van der Waals surface area (Å²) in [6.07, 6.45) is 10.6. The van der Waals surface area contributed by atoms with Crippen molar-refractivity contribution in [1.82, 2.24) is 0 Å². The highest BCUT2D eigenvalue weighted by atomic mass is 32.2. The molecule has 5 aromatic carbocycles. The monoisotopic (exact) mass is 779 g/mol. The molecular formula is C56H61NS. The molecule has 296 valence electrons. The summed E-state index contributed by atoms with van der Waals surface area (Å²) in [6, 6.07) is 41.0. The average Bonchev–Trinajstić information content (AvgIpc) is 3.74. The molecule has 4 fully saturated rings. The van der Waals surface area contributed by atoms with E-state index >= 15 is 0 Å². The van der Waals surface area contributed by atoms with Crippen LogP contribution in [-0.4, -0.2) is 0 Å². The second-order valence-corrected chi connectivity index (χ2v) is 23.7. The Morgan fingerprint density at radius 1 is 0.483 bits per heavy atom. The van der Waals surface area contributed by atoms with Crippen molar-refractivity contribution in [2.24, 2.45) is 29.1 Å². The molecule has 1 nitrogen and oxygen atoms in total. The zero-order chi connectivity index (χ0) is 39.8. The van der Waals surface area contributed by atoms with Gasteiger partial charge >= 0.3 is 0 Å². The molecule has 12 rings (SSSR count). The van der Waals surface area contributed by atoms with Crippen molar-refractivity contribution in [1.29, 1.82) is 0 Å². The third-order valence-corrected chi connectivity index (χ3v) is 19.3. The van der Waals surface area contributed by atoms with E-state index in [0.717, 1.165) is 23.7 Å². The minimum absolute atomic E-state index is 0.0456. The molecule has 6 atom stereocenters. The maximum Gasteiger partial charge on any atom is 0.0604 e. The maximum atomic E-state index is 2.83. The van der Waals surface area contributed by atoms with Gasteiger partial charge in [0, 0.05) is 15.2 Å². The SMILES string of the molecule is CC1(C)CCC(C)(C)c2c(N(c3cccc4c3Sc3c(-c5ccccc5)cccc3C43C4CC5CC6CC3C64C5)c3cccc4c3C(C)(C)CCC4(C)C)cccc21. The Morgan fingerprint density at radius 2 is 1.00 bits per heavy atom. The molecule has 58 heavy (non-hydrogen) atoms.